The lowest BCUT2D eigenvalue weighted by Gasteiger charge is -2.33. The number of amides is 1. The number of fused-ring (bicyclic) bond motifs is 2. The molecule has 5 rings (SSSR count). The topological polar surface area (TPSA) is 77.9 Å². The zero-order chi connectivity index (χ0) is 20.5. The van der Waals surface area contributed by atoms with Crippen LogP contribution in [0.2, 0.25) is 0 Å². The van der Waals surface area contributed by atoms with Gasteiger partial charge in [-0.1, -0.05) is 6.07 Å². The van der Waals surface area contributed by atoms with Crippen LogP contribution in [-0.4, -0.2) is 48.4 Å². The molecule has 2 aliphatic heterocycles. The van der Waals surface area contributed by atoms with Gasteiger partial charge in [-0.05, 0) is 49.9 Å². The van der Waals surface area contributed by atoms with E-state index >= 15 is 0 Å². The second kappa shape index (κ2) is 8.24. The van der Waals surface area contributed by atoms with Gasteiger partial charge in [0, 0.05) is 36.5 Å². The molecule has 2 aromatic rings. The Morgan fingerprint density at radius 2 is 1.93 bits per heavy atom. The van der Waals surface area contributed by atoms with Gasteiger partial charge in [-0.15, -0.1) is 0 Å². The van der Waals surface area contributed by atoms with Crippen molar-refractivity contribution in [2.45, 2.75) is 38.3 Å². The molecule has 1 aromatic carbocycles. The summed E-state index contributed by atoms with van der Waals surface area (Å²) in [6.07, 6.45) is 4.37. The summed E-state index contributed by atoms with van der Waals surface area (Å²) in [7, 11) is 0. The van der Waals surface area contributed by atoms with E-state index in [1.165, 1.54) is 0 Å². The van der Waals surface area contributed by atoms with Crippen molar-refractivity contribution < 1.29 is 14.6 Å². The Morgan fingerprint density at radius 1 is 1.13 bits per heavy atom. The SMILES string of the molecule is O=C(C1CCC(O)CC1)N1Cc2cccnc2Nc2ccc(N3CCOCC3)cc21. The fourth-order valence-corrected chi connectivity index (χ4v) is 4.67. The highest BCUT2D eigenvalue weighted by molar-refractivity contribution is 6.00. The minimum absolute atomic E-state index is 0.0495. The first-order valence-corrected chi connectivity index (χ1v) is 10.9. The van der Waals surface area contributed by atoms with Crippen molar-refractivity contribution in [1.29, 1.82) is 0 Å². The Kier molecular flexibility index (Phi) is 5.31. The van der Waals surface area contributed by atoms with Crippen LogP contribution in [0.4, 0.5) is 22.9 Å². The molecule has 0 bridgehead atoms. The number of carbonyl (C=O) groups is 1. The van der Waals surface area contributed by atoms with Crippen molar-refractivity contribution in [3.8, 4) is 0 Å². The first-order chi connectivity index (χ1) is 14.7. The van der Waals surface area contributed by atoms with E-state index in [1.54, 1.807) is 6.20 Å². The maximum absolute atomic E-state index is 13.6. The number of ether oxygens (including phenoxy) is 1. The molecule has 2 N–H and O–H groups in total. The van der Waals surface area contributed by atoms with Crippen LogP contribution in [-0.2, 0) is 16.1 Å². The first kappa shape index (κ1) is 19.3. The molecule has 1 aromatic heterocycles. The van der Waals surface area contributed by atoms with E-state index in [0.717, 1.165) is 67.6 Å². The van der Waals surface area contributed by atoms with E-state index in [-0.39, 0.29) is 17.9 Å². The minimum Gasteiger partial charge on any atom is -0.393 e. The van der Waals surface area contributed by atoms with Crippen molar-refractivity contribution in [1.82, 2.24) is 4.98 Å². The number of aromatic nitrogens is 1. The predicted octanol–water partition coefficient (Wildman–Crippen LogP) is 3.06. The maximum atomic E-state index is 13.6. The number of nitrogens with zero attached hydrogens (tertiary/aromatic N) is 3. The van der Waals surface area contributed by atoms with Crippen LogP contribution in [0, 0.1) is 5.92 Å². The number of nitrogens with one attached hydrogen (secondary N) is 1. The van der Waals surface area contributed by atoms with E-state index < -0.39 is 0 Å². The Balaban J connectivity index is 1.52. The molecular formula is C23H28N4O3. The van der Waals surface area contributed by atoms with Crippen molar-refractivity contribution in [3.63, 3.8) is 0 Å². The van der Waals surface area contributed by atoms with Crippen LogP contribution >= 0.6 is 0 Å². The highest BCUT2D eigenvalue weighted by atomic mass is 16.5. The van der Waals surface area contributed by atoms with Gasteiger partial charge in [0.1, 0.15) is 5.82 Å². The van der Waals surface area contributed by atoms with Gasteiger partial charge < -0.3 is 25.0 Å². The number of anilines is 4. The fourth-order valence-electron chi connectivity index (χ4n) is 4.67. The molecule has 0 radical (unpaired) electrons. The number of hydrogen-bond acceptors (Lipinski definition) is 6. The summed E-state index contributed by atoms with van der Waals surface area (Å²) in [4.78, 5) is 22.4. The third-order valence-corrected chi connectivity index (χ3v) is 6.43. The summed E-state index contributed by atoms with van der Waals surface area (Å²) in [6, 6.07) is 10.2. The zero-order valence-electron chi connectivity index (χ0n) is 17.1. The molecule has 3 aliphatic rings. The second-order valence-corrected chi connectivity index (χ2v) is 8.37. The summed E-state index contributed by atoms with van der Waals surface area (Å²) < 4.78 is 5.50. The summed E-state index contributed by atoms with van der Waals surface area (Å²) in [5.41, 5.74) is 3.90. The van der Waals surface area contributed by atoms with Crippen LogP contribution in [0.1, 0.15) is 31.2 Å². The van der Waals surface area contributed by atoms with E-state index in [1.807, 2.05) is 17.0 Å². The highest BCUT2D eigenvalue weighted by Gasteiger charge is 2.32. The third-order valence-electron chi connectivity index (χ3n) is 6.43. The van der Waals surface area contributed by atoms with Crippen LogP contribution < -0.4 is 15.1 Å². The lowest BCUT2D eigenvalue weighted by Crippen LogP contribution is -2.38. The Morgan fingerprint density at radius 3 is 2.73 bits per heavy atom. The van der Waals surface area contributed by atoms with Gasteiger partial charge in [0.2, 0.25) is 5.91 Å². The Hall–Kier alpha value is -2.64. The van der Waals surface area contributed by atoms with E-state index in [4.69, 9.17) is 4.74 Å². The maximum Gasteiger partial charge on any atom is 0.230 e. The van der Waals surface area contributed by atoms with Crippen LogP contribution in [0.3, 0.4) is 0 Å². The van der Waals surface area contributed by atoms with Crippen LogP contribution in [0.5, 0.6) is 0 Å². The van der Waals surface area contributed by atoms with Gasteiger partial charge >= 0.3 is 0 Å². The molecule has 0 unspecified atom stereocenters. The van der Waals surface area contributed by atoms with Gasteiger partial charge in [-0.2, -0.15) is 0 Å². The van der Waals surface area contributed by atoms with E-state index in [2.05, 4.69) is 33.4 Å². The van der Waals surface area contributed by atoms with Crippen molar-refractivity contribution in [3.05, 3.63) is 42.1 Å². The molecule has 3 heterocycles. The average molecular weight is 409 g/mol. The van der Waals surface area contributed by atoms with E-state index in [0.29, 0.717) is 19.4 Å². The zero-order valence-corrected chi connectivity index (χ0v) is 17.1. The number of hydrogen-bond donors (Lipinski definition) is 2. The molecule has 7 heteroatoms. The monoisotopic (exact) mass is 408 g/mol. The summed E-state index contributed by atoms with van der Waals surface area (Å²) in [5.74, 6) is 0.888. The lowest BCUT2D eigenvalue weighted by molar-refractivity contribution is -0.124. The first-order valence-electron chi connectivity index (χ1n) is 10.9. The molecule has 30 heavy (non-hydrogen) atoms. The molecule has 1 amide bonds. The number of pyridine rings is 1. The van der Waals surface area contributed by atoms with Gasteiger partial charge in [-0.3, -0.25) is 4.79 Å². The lowest BCUT2D eigenvalue weighted by atomic mass is 9.86. The van der Waals surface area contributed by atoms with Crippen molar-refractivity contribution >= 4 is 28.8 Å². The number of morpholine rings is 1. The standard InChI is InChI=1S/C23H28N4O3/c28-19-6-3-16(4-7-19)23(29)27-15-17-2-1-9-24-22(17)25-20-8-5-18(14-21(20)27)26-10-12-30-13-11-26/h1-2,5,8-9,14,16,19,28H,3-4,6-7,10-13,15H2,(H,24,25). The van der Waals surface area contributed by atoms with Gasteiger partial charge in [-0.25, -0.2) is 4.98 Å². The quantitative estimate of drug-likeness (QED) is 0.795. The summed E-state index contributed by atoms with van der Waals surface area (Å²) >= 11 is 0. The van der Waals surface area contributed by atoms with Crippen molar-refractivity contribution in [2.24, 2.45) is 5.92 Å². The molecule has 0 spiro atoms. The number of aliphatic hydroxyl groups excluding tert-OH is 1. The molecule has 1 saturated carbocycles. The highest BCUT2D eigenvalue weighted by Crippen LogP contribution is 2.39. The largest absolute Gasteiger partial charge is 0.393 e. The second-order valence-electron chi connectivity index (χ2n) is 8.37. The normalized spacial score (nSPS) is 23.8. The number of rotatable bonds is 2. The molecule has 158 valence electrons. The number of aliphatic hydroxyl groups is 1. The molecule has 0 atom stereocenters. The average Bonchev–Trinajstić information content (AvgIpc) is 2.96. The van der Waals surface area contributed by atoms with Gasteiger partial charge in [0.05, 0.1) is 37.2 Å². The number of carbonyl (C=O) groups excluding carboxylic acids is 1. The van der Waals surface area contributed by atoms with Crippen LogP contribution in [0.25, 0.3) is 0 Å². The van der Waals surface area contributed by atoms with E-state index in [9.17, 15) is 9.90 Å². The van der Waals surface area contributed by atoms with Crippen molar-refractivity contribution in [2.75, 3.05) is 41.4 Å². The molecule has 7 nitrogen and oxygen atoms in total. The molecule has 1 saturated heterocycles. The fraction of sp³-hybridized carbons (Fsp3) is 0.478. The van der Waals surface area contributed by atoms with Gasteiger partial charge in [0.25, 0.3) is 0 Å². The Labute approximate surface area is 176 Å². The number of benzene rings is 1. The van der Waals surface area contributed by atoms with Crippen LogP contribution in [0.15, 0.2) is 36.5 Å². The molecule has 1 aliphatic carbocycles. The molecular weight excluding hydrogens is 380 g/mol. The minimum atomic E-state index is -0.273. The predicted molar refractivity (Wildman–Crippen MR) is 116 cm³/mol. The summed E-state index contributed by atoms with van der Waals surface area (Å²) in [6.45, 7) is 3.63. The smallest absolute Gasteiger partial charge is 0.230 e. The molecule has 2 fully saturated rings. The summed E-state index contributed by atoms with van der Waals surface area (Å²) in [5, 5.41) is 13.3. The Bertz CT molecular complexity index is 920. The van der Waals surface area contributed by atoms with Gasteiger partial charge in [0.15, 0.2) is 0 Å². The third kappa shape index (κ3) is 3.75.